The Balaban J connectivity index is 2.03. The number of ketones is 1. The number of benzene rings is 2. The molecule has 4 heteroatoms. The zero-order chi connectivity index (χ0) is 13.8. The number of carbonyl (C=O) groups is 1. The van der Waals surface area contributed by atoms with Gasteiger partial charge in [-0.2, -0.15) is 0 Å². The third-order valence-electron chi connectivity index (χ3n) is 2.74. The number of hydrogen-bond acceptors (Lipinski definition) is 1. The lowest BCUT2D eigenvalue weighted by Crippen LogP contribution is -2.01. The van der Waals surface area contributed by atoms with Crippen LogP contribution in [0.15, 0.2) is 42.5 Å². The van der Waals surface area contributed by atoms with Crippen molar-refractivity contribution in [3.05, 3.63) is 69.5 Å². The van der Waals surface area contributed by atoms with Crippen molar-refractivity contribution in [3.63, 3.8) is 0 Å². The van der Waals surface area contributed by atoms with Crippen LogP contribution in [0.5, 0.6) is 0 Å². The van der Waals surface area contributed by atoms with Gasteiger partial charge in [-0.25, -0.2) is 4.39 Å². The van der Waals surface area contributed by atoms with Crippen molar-refractivity contribution in [1.29, 1.82) is 0 Å². The van der Waals surface area contributed by atoms with Crippen LogP contribution in [0.1, 0.15) is 22.3 Å². The summed E-state index contributed by atoms with van der Waals surface area (Å²) in [4.78, 5) is 12.0. The summed E-state index contributed by atoms with van der Waals surface area (Å²) in [5, 5.41) is 0.885. The highest BCUT2D eigenvalue weighted by atomic mass is 35.5. The van der Waals surface area contributed by atoms with Gasteiger partial charge in [-0.3, -0.25) is 4.79 Å². The molecule has 0 spiro atoms. The van der Waals surface area contributed by atoms with Crippen LogP contribution < -0.4 is 0 Å². The van der Waals surface area contributed by atoms with Gasteiger partial charge in [-0.15, -0.1) is 0 Å². The van der Waals surface area contributed by atoms with Crippen LogP contribution in [-0.2, 0) is 6.42 Å². The number of halogens is 3. The zero-order valence-corrected chi connectivity index (χ0v) is 11.5. The third-order valence-corrected chi connectivity index (χ3v) is 3.17. The van der Waals surface area contributed by atoms with Gasteiger partial charge >= 0.3 is 0 Å². The zero-order valence-electron chi connectivity index (χ0n) is 10.00. The fourth-order valence-corrected chi connectivity index (χ4v) is 2.29. The van der Waals surface area contributed by atoms with Crippen molar-refractivity contribution in [2.45, 2.75) is 12.8 Å². The molecule has 0 radical (unpaired) electrons. The molecule has 0 N–H and O–H groups in total. The Kier molecular flexibility index (Phi) is 4.56. The highest BCUT2D eigenvalue weighted by molar-refractivity contribution is 6.35. The van der Waals surface area contributed by atoms with Crippen LogP contribution >= 0.6 is 23.2 Å². The van der Waals surface area contributed by atoms with Gasteiger partial charge in [0.2, 0.25) is 0 Å². The van der Waals surface area contributed by atoms with Crippen molar-refractivity contribution in [2.75, 3.05) is 0 Å². The Labute approximate surface area is 121 Å². The summed E-state index contributed by atoms with van der Waals surface area (Å²) in [5.74, 6) is -0.314. The number of Topliss-reactive ketones (excluding diaryl/α,β-unsaturated/α-hetero) is 1. The van der Waals surface area contributed by atoms with E-state index in [-0.39, 0.29) is 11.6 Å². The lowest BCUT2D eigenvalue weighted by Gasteiger charge is -2.03. The topological polar surface area (TPSA) is 17.1 Å². The highest BCUT2D eigenvalue weighted by Gasteiger charge is 2.08. The lowest BCUT2D eigenvalue weighted by atomic mass is 10.0. The Hall–Kier alpha value is -1.38. The van der Waals surface area contributed by atoms with Gasteiger partial charge in [0.15, 0.2) is 5.78 Å². The van der Waals surface area contributed by atoms with Gasteiger partial charge in [0.1, 0.15) is 5.82 Å². The van der Waals surface area contributed by atoms with Gasteiger partial charge < -0.3 is 0 Å². The molecule has 0 saturated heterocycles. The summed E-state index contributed by atoms with van der Waals surface area (Å²) in [6.45, 7) is 0. The second-order valence-corrected chi connectivity index (χ2v) is 5.08. The number of hydrogen-bond donors (Lipinski definition) is 0. The minimum Gasteiger partial charge on any atom is -0.294 e. The van der Waals surface area contributed by atoms with Crippen molar-refractivity contribution in [2.24, 2.45) is 0 Å². The first-order valence-electron chi connectivity index (χ1n) is 5.78. The fraction of sp³-hybridized carbons (Fsp3) is 0.133. The first-order valence-corrected chi connectivity index (χ1v) is 6.54. The van der Waals surface area contributed by atoms with E-state index in [0.29, 0.717) is 28.5 Å². The molecule has 0 aliphatic heterocycles. The normalized spacial score (nSPS) is 10.5. The van der Waals surface area contributed by atoms with E-state index < -0.39 is 0 Å². The largest absolute Gasteiger partial charge is 0.294 e. The Morgan fingerprint density at radius 3 is 2.16 bits per heavy atom. The maximum atomic E-state index is 12.7. The monoisotopic (exact) mass is 296 g/mol. The predicted octanol–water partition coefficient (Wildman–Crippen LogP) is 4.95. The van der Waals surface area contributed by atoms with E-state index in [1.807, 2.05) is 0 Å². The van der Waals surface area contributed by atoms with E-state index >= 15 is 0 Å². The lowest BCUT2D eigenvalue weighted by molar-refractivity contribution is 0.0983. The summed E-state index contributed by atoms with van der Waals surface area (Å²) >= 11 is 11.7. The van der Waals surface area contributed by atoms with Crippen molar-refractivity contribution in [1.82, 2.24) is 0 Å². The maximum absolute atomic E-state index is 12.7. The molecule has 0 unspecified atom stereocenters. The van der Waals surface area contributed by atoms with Crippen LogP contribution in [0.4, 0.5) is 4.39 Å². The molecular formula is C15H11Cl2FO. The molecule has 98 valence electrons. The molecule has 1 nitrogen and oxygen atoms in total. The van der Waals surface area contributed by atoms with Crippen LogP contribution in [0.25, 0.3) is 0 Å². The Bertz CT molecular complexity index is 573. The van der Waals surface area contributed by atoms with E-state index in [4.69, 9.17) is 23.2 Å². The number of rotatable bonds is 4. The van der Waals surface area contributed by atoms with Crippen LogP contribution in [0, 0.1) is 5.82 Å². The van der Waals surface area contributed by atoms with Crippen molar-refractivity contribution < 1.29 is 9.18 Å². The minimum atomic E-state index is -0.281. The van der Waals surface area contributed by atoms with Gasteiger partial charge in [0.25, 0.3) is 0 Å². The molecule has 2 aromatic carbocycles. The third kappa shape index (κ3) is 4.05. The highest BCUT2D eigenvalue weighted by Crippen LogP contribution is 2.20. The van der Waals surface area contributed by atoms with E-state index in [1.54, 1.807) is 30.3 Å². The summed E-state index contributed by atoms with van der Waals surface area (Å²) in [5.41, 5.74) is 1.42. The second-order valence-electron chi connectivity index (χ2n) is 4.21. The van der Waals surface area contributed by atoms with Gasteiger partial charge in [-0.1, -0.05) is 35.3 Å². The Morgan fingerprint density at radius 1 is 1.00 bits per heavy atom. The Morgan fingerprint density at radius 2 is 1.58 bits per heavy atom. The summed E-state index contributed by atoms with van der Waals surface area (Å²) < 4.78 is 12.7. The molecular weight excluding hydrogens is 286 g/mol. The van der Waals surface area contributed by atoms with E-state index in [9.17, 15) is 9.18 Å². The SMILES string of the molecule is O=C(CCc1ccc(F)cc1)c1cc(Cl)cc(Cl)c1. The first-order chi connectivity index (χ1) is 9.04. The predicted molar refractivity (Wildman–Crippen MR) is 75.5 cm³/mol. The second kappa shape index (κ2) is 6.18. The molecule has 0 amide bonds. The average molecular weight is 297 g/mol. The molecule has 0 aliphatic carbocycles. The summed E-state index contributed by atoms with van der Waals surface area (Å²) in [6.07, 6.45) is 0.894. The maximum Gasteiger partial charge on any atom is 0.163 e. The van der Waals surface area contributed by atoms with Gasteiger partial charge in [0, 0.05) is 22.0 Å². The molecule has 0 atom stereocenters. The van der Waals surface area contributed by atoms with Crippen LogP contribution in [-0.4, -0.2) is 5.78 Å². The average Bonchev–Trinajstić information content (AvgIpc) is 2.36. The molecule has 0 saturated carbocycles. The molecule has 0 aromatic heterocycles. The minimum absolute atomic E-state index is 0.0336. The molecule has 2 aromatic rings. The molecule has 2 rings (SSSR count). The van der Waals surface area contributed by atoms with Crippen LogP contribution in [0.3, 0.4) is 0 Å². The first kappa shape index (κ1) is 14.0. The summed E-state index contributed by atoms with van der Waals surface area (Å²) in [7, 11) is 0. The van der Waals surface area contributed by atoms with Gasteiger partial charge in [0.05, 0.1) is 0 Å². The van der Waals surface area contributed by atoms with E-state index in [2.05, 4.69) is 0 Å². The molecule has 0 aliphatic rings. The van der Waals surface area contributed by atoms with Crippen molar-refractivity contribution >= 4 is 29.0 Å². The summed E-state index contributed by atoms with van der Waals surface area (Å²) in [6, 6.07) is 10.9. The number of aryl methyl sites for hydroxylation is 1. The molecule has 0 heterocycles. The fourth-order valence-electron chi connectivity index (χ4n) is 1.77. The molecule has 0 bridgehead atoms. The van der Waals surface area contributed by atoms with E-state index in [1.165, 1.54) is 12.1 Å². The standard InChI is InChI=1S/C15H11Cl2FO/c16-12-7-11(8-13(17)9-12)15(19)6-3-10-1-4-14(18)5-2-10/h1-2,4-5,7-9H,3,6H2. The number of carbonyl (C=O) groups excluding carboxylic acids is 1. The van der Waals surface area contributed by atoms with Crippen molar-refractivity contribution in [3.8, 4) is 0 Å². The van der Waals surface area contributed by atoms with E-state index in [0.717, 1.165) is 5.56 Å². The smallest absolute Gasteiger partial charge is 0.163 e. The molecule has 19 heavy (non-hydrogen) atoms. The molecule has 0 fully saturated rings. The quantitative estimate of drug-likeness (QED) is 0.730. The van der Waals surface area contributed by atoms with Gasteiger partial charge in [-0.05, 0) is 42.3 Å². The van der Waals surface area contributed by atoms with Crippen LogP contribution in [0.2, 0.25) is 10.0 Å².